The Morgan fingerprint density at radius 3 is 2.11 bits per heavy atom. The van der Waals surface area contributed by atoms with Crippen LogP contribution in [0, 0.1) is 6.92 Å². The quantitative estimate of drug-likeness (QED) is 0.729. The molecule has 7 heteroatoms. The van der Waals surface area contributed by atoms with E-state index in [-0.39, 0.29) is 16.8 Å². The zero-order chi connectivity index (χ0) is 14.6. The van der Waals surface area contributed by atoms with Crippen LogP contribution in [0.4, 0.5) is 0 Å². The number of benzene rings is 1. The summed E-state index contributed by atoms with van der Waals surface area (Å²) in [7, 11) is -2.25. The number of likely N-dealkylation sites (N-methyl/N-ethyl adjacent to an activating group) is 1. The molecule has 106 valence electrons. The van der Waals surface area contributed by atoms with Crippen molar-refractivity contribution in [1.29, 1.82) is 0 Å². The number of nitrogens with zero attached hydrogens (tertiary/aromatic N) is 1. The van der Waals surface area contributed by atoms with Crippen LogP contribution >= 0.6 is 0 Å². The van der Waals surface area contributed by atoms with Crippen molar-refractivity contribution in [3.8, 4) is 0 Å². The lowest BCUT2D eigenvalue weighted by atomic mass is 10.2. The summed E-state index contributed by atoms with van der Waals surface area (Å²) >= 11 is 0. The van der Waals surface area contributed by atoms with Crippen molar-refractivity contribution < 1.29 is 17.8 Å². The Bertz CT molecular complexity index is 527. The van der Waals surface area contributed by atoms with Gasteiger partial charge in [-0.25, -0.2) is 0 Å². The first-order chi connectivity index (χ1) is 8.71. The molecule has 3 N–H and O–H groups in total. The van der Waals surface area contributed by atoms with Crippen molar-refractivity contribution in [1.82, 2.24) is 4.90 Å². The minimum Gasteiger partial charge on any atom is -0.344 e. The molecule has 1 aromatic rings. The maximum atomic E-state index is 10.7. The molecule has 1 aliphatic heterocycles. The van der Waals surface area contributed by atoms with Crippen molar-refractivity contribution in [3.63, 3.8) is 0 Å². The van der Waals surface area contributed by atoms with Gasteiger partial charge in [0, 0.05) is 13.6 Å². The number of carbonyl (C=O) groups is 1. The molecule has 6 nitrogen and oxygen atoms in total. The SMILES string of the molecule is CN1CC[C@H](N)C1=O.Cc1ccc(S(=O)(=O)O)cc1. The van der Waals surface area contributed by atoms with Crippen molar-refractivity contribution in [2.24, 2.45) is 5.73 Å². The fourth-order valence-corrected chi connectivity index (χ4v) is 2.04. The fourth-order valence-electron chi connectivity index (χ4n) is 1.56. The summed E-state index contributed by atoms with van der Waals surface area (Å²) in [5.41, 5.74) is 6.33. The summed E-state index contributed by atoms with van der Waals surface area (Å²) in [5.74, 6) is 0.0741. The number of hydrogen-bond acceptors (Lipinski definition) is 4. The largest absolute Gasteiger partial charge is 0.344 e. The summed E-state index contributed by atoms with van der Waals surface area (Å²) in [4.78, 5) is 12.3. The van der Waals surface area contributed by atoms with Crippen LogP contribution in [0.5, 0.6) is 0 Å². The molecule has 0 aromatic heterocycles. The van der Waals surface area contributed by atoms with Crippen molar-refractivity contribution in [3.05, 3.63) is 29.8 Å². The minimum absolute atomic E-state index is 0.0666. The third-order valence-electron chi connectivity index (χ3n) is 2.79. The average molecular weight is 286 g/mol. The zero-order valence-corrected chi connectivity index (χ0v) is 11.7. The van der Waals surface area contributed by atoms with E-state index in [0.29, 0.717) is 0 Å². The van der Waals surface area contributed by atoms with Gasteiger partial charge in [-0.05, 0) is 25.5 Å². The van der Waals surface area contributed by atoms with Crippen molar-refractivity contribution >= 4 is 16.0 Å². The van der Waals surface area contributed by atoms with E-state index in [0.717, 1.165) is 18.5 Å². The number of amides is 1. The van der Waals surface area contributed by atoms with E-state index >= 15 is 0 Å². The minimum atomic E-state index is -4.02. The van der Waals surface area contributed by atoms with E-state index in [4.69, 9.17) is 10.3 Å². The third kappa shape index (κ3) is 4.62. The first-order valence-electron chi connectivity index (χ1n) is 5.76. The van der Waals surface area contributed by atoms with E-state index in [1.165, 1.54) is 12.1 Å². The molecule has 0 radical (unpaired) electrons. The van der Waals surface area contributed by atoms with Crippen LogP contribution in [-0.4, -0.2) is 43.4 Å². The lowest BCUT2D eigenvalue weighted by molar-refractivity contribution is -0.127. The van der Waals surface area contributed by atoms with Crippen LogP contribution < -0.4 is 5.73 Å². The van der Waals surface area contributed by atoms with E-state index in [2.05, 4.69) is 0 Å². The maximum absolute atomic E-state index is 10.7. The average Bonchev–Trinajstić information content (AvgIpc) is 2.61. The number of carbonyl (C=O) groups excluding carboxylic acids is 1. The Morgan fingerprint density at radius 1 is 1.32 bits per heavy atom. The predicted molar refractivity (Wildman–Crippen MR) is 71.2 cm³/mol. The van der Waals surface area contributed by atoms with Gasteiger partial charge in [0.1, 0.15) is 0 Å². The first kappa shape index (κ1) is 15.6. The Labute approximate surface area is 113 Å². The number of aryl methyl sites for hydroxylation is 1. The highest BCUT2D eigenvalue weighted by Crippen LogP contribution is 2.08. The summed E-state index contributed by atoms with van der Waals surface area (Å²) in [6.45, 7) is 2.66. The van der Waals surface area contributed by atoms with Gasteiger partial charge in [0.15, 0.2) is 0 Å². The van der Waals surface area contributed by atoms with E-state index in [9.17, 15) is 13.2 Å². The molecule has 1 atom stereocenters. The van der Waals surface area contributed by atoms with Crippen LogP contribution in [0.15, 0.2) is 29.2 Å². The van der Waals surface area contributed by atoms with Crippen molar-refractivity contribution in [2.75, 3.05) is 13.6 Å². The van der Waals surface area contributed by atoms with Crippen LogP contribution in [-0.2, 0) is 14.9 Å². The van der Waals surface area contributed by atoms with E-state index in [1.54, 1.807) is 24.1 Å². The summed E-state index contributed by atoms with van der Waals surface area (Å²) in [6, 6.07) is 5.77. The molecule has 0 aliphatic carbocycles. The second-order valence-corrected chi connectivity index (χ2v) is 5.86. The van der Waals surface area contributed by atoms with Gasteiger partial charge >= 0.3 is 0 Å². The molecule has 0 bridgehead atoms. The number of nitrogens with two attached hydrogens (primary N) is 1. The Hall–Kier alpha value is -1.44. The highest BCUT2D eigenvalue weighted by Gasteiger charge is 2.24. The monoisotopic (exact) mass is 286 g/mol. The molecule has 0 unspecified atom stereocenters. The van der Waals surface area contributed by atoms with Gasteiger partial charge in [0.2, 0.25) is 5.91 Å². The normalized spacial score (nSPS) is 19.1. The smallest absolute Gasteiger partial charge is 0.294 e. The molecule has 1 saturated heterocycles. The number of rotatable bonds is 1. The molecule has 1 heterocycles. The van der Waals surface area contributed by atoms with E-state index < -0.39 is 10.1 Å². The first-order valence-corrected chi connectivity index (χ1v) is 7.20. The molecule has 1 amide bonds. The fraction of sp³-hybridized carbons (Fsp3) is 0.417. The maximum Gasteiger partial charge on any atom is 0.294 e. The van der Waals surface area contributed by atoms with Gasteiger partial charge < -0.3 is 10.6 Å². The van der Waals surface area contributed by atoms with Crippen LogP contribution in [0.25, 0.3) is 0 Å². The standard InChI is InChI=1S/C7H8O3S.C5H10N2O/c1-6-2-4-7(5-3-6)11(8,9)10;1-7-3-2-4(6)5(7)8/h2-5H,1H3,(H,8,9,10);4H,2-3,6H2,1H3/t;4-/m.0/s1. The van der Waals surface area contributed by atoms with Gasteiger partial charge in [0.05, 0.1) is 10.9 Å². The zero-order valence-electron chi connectivity index (χ0n) is 10.9. The highest BCUT2D eigenvalue weighted by atomic mass is 32.2. The topological polar surface area (TPSA) is 101 Å². The number of likely N-dealkylation sites (tertiary alicyclic amines) is 1. The van der Waals surface area contributed by atoms with Gasteiger partial charge in [-0.15, -0.1) is 0 Å². The highest BCUT2D eigenvalue weighted by molar-refractivity contribution is 7.85. The Balaban J connectivity index is 0.000000200. The van der Waals surface area contributed by atoms with Crippen LogP contribution in [0.3, 0.4) is 0 Å². The second-order valence-electron chi connectivity index (χ2n) is 4.44. The van der Waals surface area contributed by atoms with Crippen LogP contribution in [0.2, 0.25) is 0 Å². The Morgan fingerprint density at radius 2 is 1.84 bits per heavy atom. The second kappa shape index (κ2) is 6.14. The predicted octanol–water partition coefficient (Wildman–Crippen LogP) is 0.418. The molecule has 19 heavy (non-hydrogen) atoms. The summed E-state index contributed by atoms with van der Waals surface area (Å²) < 4.78 is 29.6. The van der Waals surface area contributed by atoms with Gasteiger partial charge in [-0.1, -0.05) is 17.7 Å². The number of hydrogen-bond donors (Lipinski definition) is 2. The van der Waals surface area contributed by atoms with E-state index in [1.807, 2.05) is 6.92 Å². The third-order valence-corrected chi connectivity index (χ3v) is 3.66. The molecule has 2 rings (SSSR count). The lowest BCUT2D eigenvalue weighted by Gasteiger charge is -2.05. The molecular weight excluding hydrogens is 268 g/mol. The molecule has 1 fully saturated rings. The van der Waals surface area contributed by atoms with Gasteiger partial charge in [-0.2, -0.15) is 8.42 Å². The molecular formula is C12H18N2O4S. The van der Waals surface area contributed by atoms with Gasteiger partial charge in [-0.3, -0.25) is 9.35 Å². The molecule has 0 saturated carbocycles. The summed E-state index contributed by atoms with van der Waals surface area (Å²) in [5, 5.41) is 0. The van der Waals surface area contributed by atoms with Crippen molar-refractivity contribution in [2.45, 2.75) is 24.3 Å². The van der Waals surface area contributed by atoms with Crippen LogP contribution in [0.1, 0.15) is 12.0 Å². The molecule has 1 aliphatic rings. The Kier molecular flexibility index (Phi) is 5.04. The lowest BCUT2D eigenvalue weighted by Crippen LogP contribution is -2.31. The molecule has 0 spiro atoms. The summed E-state index contributed by atoms with van der Waals surface area (Å²) in [6.07, 6.45) is 0.815. The molecule has 1 aromatic carbocycles. The van der Waals surface area contributed by atoms with Gasteiger partial charge in [0.25, 0.3) is 10.1 Å².